The molecule has 3 nitrogen and oxygen atoms in total. The molecule has 0 unspecified atom stereocenters. The first-order chi connectivity index (χ1) is 7.49. The summed E-state index contributed by atoms with van der Waals surface area (Å²) in [6, 6.07) is 0. The van der Waals surface area contributed by atoms with E-state index in [1.54, 1.807) is 0 Å². The lowest BCUT2D eigenvalue weighted by Crippen LogP contribution is -2.47. The molecule has 16 heavy (non-hydrogen) atoms. The van der Waals surface area contributed by atoms with Crippen molar-refractivity contribution in [1.29, 1.82) is 0 Å². The van der Waals surface area contributed by atoms with Crippen LogP contribution in [0.25, 0.3) is 0 Å². The molecule has 1 fully saturated rings. The molecule has 1 saturated carbocycles. The van der Waals surface area contributed by atoms with Crippen LogP contribution in [0, 0.1) is 11.3 Å². The standard InChI is InChI=1S/C12H22N2OS/c1-9(2)5-8-14-11(15)12(10(13)16)6-3-4-7-12/h9H,3-8H2,1-2H3,(H2,13,16)(H,14,15). The average molecular weight is 242 g/mol. The van der Waals surface area contributed by atoms with E-state index in [1.165, 1.54) is 0 Å². The van der Waals surface area contributed by atoms with E-state index in [0.717, 1.165) is 38.6 Å². The lowest BCUT2D eigenvalue weighted by molar-refractivity contribution is -0.127. The molecule has 0 aromatic carbocycles. The Kier molecular flexibility index (Phi) is 4.71. The van der Waals surface area contributed by atoms with Crippen LogP contribution in [-0.4, -0.2) is 17.4 Å². The molecule has 1 aliphatic rings. The molecule has 0 aliphatic heterocycles. The molecule has 1 rings (SSSR count). The molecule has 0 atom stereocenters. The Morgan fingerprint density at radius 2 is 2.00 bits per heavy atom. The summed E-state index contributed by atoms with van der Waals surface area (Å²) in [7, 11) is 0. The van der Waals surface area contributed by atoms with E-state index < -0.39 is 5.41 Å². The number of carbonyl (C=O) groups excluding carboxylic acids is 1. The third-order valence-corrected chi connectivity index (χ3v) is 3.76. The molecule has 0 aromatic heterocycles. The van der Waals surface area contributed by atoms with Crippen molar-refractivity contribution in [1.82, 2.24) is 5.32 Å². The van der Waals surface area contributed by atoms with E-state index >= 15 is 0 Å². The van der Waals surface area contributed by atoms with Crippen LogP contribution >= 0.6 is 12.2 Å². The van der Waals surface area contributed by atoms with Gasteiger partial charge in [-0.2, -0.15) is 0 Å². The minimum Gasteiger partial charge on any atom is -0.392 e. The highest BCUT2D eigenvalue weighted by molar-refractivity contribution is 7.80. The van der Waals surface area contributed by atoms with Crippen molar-refractivity contribution < 1.29 is 4.79 Å². The van der Waals surface area contributed by atoms with Gasteiger partial charge in [0.2, 0.25) is 5.91 Å². The maximum absolute atomic E-state index is 12.1. The molecule has 0 spiro atoms. The van der Waals surface area contributed by atoms with E-state index in [9.17, 15) is 4.79 Å². The molecular weight excluding hydrogens is 220 g/mol. The minimum atomic E-state index is -0.549. The molecule has 1 amide bonds. The van der Waals surface area contributed by atoms with Crippen molar-refractivity contribution in [3.63, 3.8) is 0 Å². The number of rotatable bonds is 5. The van der Waals surface area contributed by atoms with Crippen LogP contribution in [0.5, 0.6) is 0 Å². The summed E-state index contributed by atoms with van der Waals surface area (Å²) in [5, 5.41) is 2.97. The van der Waals surface area contributed by atoms with Gasteiger partial charge in [0.1, 0.15) is 0 Å². The topological polar surface area (TPSA) is 55.1 Å². The fourth-order valence-electron chi connectivity index (χ4n) is 2.21. The third kappa shape index (κ3) is 2.94. The molecule has 0 bridgehead atoms. The van der Waals surface area contributed by atoms with Crippen LogP contribution in [0.1, 0.15) is 46.0 Å². The highest BCUT2D eigenvalue weighted by Gasteiger charge is 2.43. The normalized spacial score (nSPS) is 18.7. The summed E-state index contributed by atoms with van der Waals surface area (Å²) in [6.07, 6.45) is 4.73. The van der Waals surface area contributed by atoms with Crippen LogP contribution in [0.15, 0.2) is 0 Å². The Bertz CT molecular complexity index is 270. The molecule has 4 heteroatoms. The number of hydrogen-bond donors (Lipinski definition) is 2. The molecule has 0 heterocycles. The number of nitrogens with two attached hydrogens (primary N) is 1. The lowest BCUT2D eigenvalue weighted by atomic mass is 9.85. The number of amides is 1. The fraction of sp³-hybridized carbons (Fsp3) is 0.833. The highest BCUT2D eigenvalue weighted by atomic mass is 32.1. The second-order valence-electron chi connectivity index (χ2n) is 5.09. The zero-order valence-electron chi connectivity index (χ0n) is 10.2. The highest BCUT2D eigenvalue weighted by Crippen LogP contribution is 2.38. The van der Waals surface area contributed by atoms with Crippen LogP contribution in [0.4, 0.5) is 0 Å². The number of nitrogens with one attached hydrogen (secondary N) is 1. The summed E-state index contributed by atoms with van der Waals surface area (Å²) >= 11 is 5.06. The van der Waals surface area contributed by atoms with Crippen molar-refractivity contribution in [3.8, 4) is 0 Å². The largest absolute Gasteiger partial charge is 0.392 e. The Balaban J connectivity index is 2.52. The van der Waals surface area contributed by atoms with Gasteiger partial charge in [0.25, 0.3) is 0 Å². The van der Waals surface area contributed by atoms with Crippen LogP contribution in [0.3, 0.4) is 0 Å². The van der Waals surface area contributed by atoms with Gasteiger partial charge in [-0.25, -0.2) is 0 Å². The Morgan fingerprint density at radius 1 is 1.44 bits per heavy atom. The second-order valence-corrected chi connectivity index (χ2v) is 5.53. The van der Waals surface area contributed by atoms with Gasteiger partial charge >= 0.3 is 0 Å². The van der Waals surface area contributed by atoms with Gasteiger partial charge in [0.05, 0.1) is 10.4 Å². The SMILES string of the molecule is CC(C)CCNC(=O)C1(C(N)=S)CCCC1. The Labute approximate surface area is 103 Å². The van der Waals surface area contributed by atoms with Crippen molar-refractivity contribution in [2.45, 2.75) is 46.0 Å². The summed E-state index contributed by atoms with van der Waals surface area (Å²) in [6.45, 7) is 5.01. The molecule has 0 radical (unpaired) electrons. The molecule has 3 N–H and O–H groups in total. The zero-order valence-corrected chi connectivity index (χ0v) is 11.0. The summed E-state index contributed by atoms with van der Waals surface area (Å²) in [4.78, 5) is 12.5. The zero-order chi connectivity index (χ0) is 12.2. The average Bonchev–Trinajstić information content (AvgIpc) is 2.66. The first-order valence-electron chi connectivity index (χ1n) is 6.07. The molecule has 0 saturated heterocycles. The summed E-state index contributed by atoms with van der Waals surface area (Å²) in [5.74, 6) is 0.641. The number of thiocarbonyl (C=S) groups is 1. The van der Waals surface area contributed by atoms with Gasteiger partial charge in [-0.05, 0) is 25.2 Å². The van der Waals surface area contributed by atoms with E-state index in [-0.39, 0.29) is 5.91 Å². The molecule has 92 valence electrons. The van der Waals surface area contributed by atoms with Gasteiger partial charge in [0, 0.05) is 6.54 Å². The molecule has 0 aromatic rings. The molecular formula is C12H22N2OS. The lowest BCUT2D eigenvalue weighted by Gasteiger charge is -2.26. The van der Waals surface area contributed by atoms with Gasteiger partial charge in [-0.1, -0.05) is 38.9 Å². The van der Waals surface area contributed by atoms with Crippen molar-refractivity contribution in [2.75, 3.05) is 6.54 Å². The van der Waals surface area contributed by atoms with Crippen molar-refractivity contribution in [3.05, 3.63) is 0 Å². The predicted molar refractivity (Wildman–Crippen MR) is 70.2 cm³/mol. The predicted octanol–water partition coefficient (Wildman–Crippen LogP) is 2.00. The van der Waals surface area contributed by atoms with Gasteiger partial charge < -0.3 is 11.1 Å². The summed E-state index contributed by atoms with van der Waals surface area (Å²) < 4.78 is 0. The van der Waals surface area contributed by atoms with E-state index in [0.29, 0.717) is 10.9 Å². The fourth-order valence-corrected chi connectivity index (χ4v) is 2.50. The Hall–Kier alpha value is -0.640. The van der Waals surface area contributed by atoms with E-state index in [4.69, 9.17) is 18.0 Å². The smallest absolute Gasteiger partial charge is 0.233 e. The summed E-state index contributed by atoms with van der Waals surface area (Å²) in [5.41, 5.74) is 5.19. The minimum absolute atomic E-state index is 0.0400. The third-order valence-electron chi connectivity index (χ3n) is 3.37. The van der Waals surface area contributed by atoms with Gasteiger partial charge in [0.15, 0.2) is 0 Å². The van der Waals surface area contributed by atoms with Gasteiger partial charge in [-0.15, -0.1) is 0 Å². The van der Waals surface area contributed by atoms with Crippen LogP contribution < -0.4 is 11.1 Å². The maximum atomic E-state index is 12.1. The first kappa shape index (κ1) is 13.4. The number of carbonyl (C=O) groups is 1. The quantitative estimate of drug-likeness (QED) is 0.725. The Morgan fingerprint density at radius 3 is 2.44 bits per heavy atom. The van der Waals surface area contributed by atoms with E-state index in [1.807, 2.05) is 0 Å². The first-order valence-corrected chi connectivity index (χ1v) is 6.48. The number of hydrogen-bond acceptors (Lipinski definition) is 2. The van der Waals surface area contributed by atoms with E-state index in [2.05, 4.69) is 19.2 Å². The van der Waals surface area contributed by atoms with Crippen LogP contribution in [-0.2, 0) is 4.79 Å². The van der Waals surface area contributed by atoms with Gasteiger partial charge in [-0.3, -0.25) is 4.79 Å². The maximum Gasteiger partial charge on any atom is 0.233 e. The van der Waals surface area contributed by atoms with Crippen LogP contribution in [0.2, 0.25) is 0 Å². The second kappa shape index (κ2) is 5.62. The monoisotopic (exact) mass is 242 g/mol. The van der Waals surface area contributed by atoms with Crippen molar-refractivity contribution >= 4 is 23.1 Å². The van der Waals surface area contributed by atoms with Crippen molar-refractivity contribution in [2.24, 2.45) is 17.1 Å². The molecule has 1 aliphatic carbocycles.